The van der Waals surface area contributed by atoms with E-state index in [9.17, 15) is 5.11 Å². The maximum atomic E-state index is 10.0. The number of hydrogen-bond acceptors (Lipinski definition) is 6. The lowest BCUT2D eigenvalue weighted by Crippen LogP contribution is -2.15. The van der Waals surface area contributed by atoms with Gasteiger partial charge in [-0.3, -0.25) is 0 Å². The summed E-state index contributed by atoms with van der Waals surface area (Å²) in [6, 6.07) is 5.14. The second kappa shape index (κ2) is 5.71. The van der Waals surface area contributed by atoms with Crippen LogP contribution >= 0.6 is 0 Å². The van der Waals surface area contributed by atoms with Gasteiger partial charge in [0.05, 0.1) is 12.7 Å². The topological polar surface area (TPSA) is 71.6 Å². The van der Waals surface area contributed by atoms with E-state index in [1.54, 1.807) is 18.2 Å². The minimum atomic E-state index is 0.00723. The number of aromatic nitrogens is 2. The van der Waals surface area contributed by atoms with Crippen molar-refractivity contribution >= 4 is 0 Å². The standard InChI is InChI=1S/C13H17N3O3/c1-16(2)8-7-11-14-13(19-15-11)9-5-4-6-10(18-3)12(9)17/h4-6,17H,7-8H2,1-3H3. The fourth-order valence-electron chi connectivity index (χ4n) is 1.65. The highest BCUT2D eigenvalue weighted by molar-refractivity contribution is 5.66. The Hall–Kier alpha value is -2.08. The van der Waals surface area contributed by atoms with Crippen molar-refractivity contribution in [3.63, 3.8) is 0 Å². The summed E-state index contributed by atoms with van der Waals surface area (Å²) < 4.78 is 10.2. The molecule has 2 rings (SSSR count). The Labute approximate surface area is 111 Å². The molecule has 19 heavy (non-hydrogen) atoms. The molecule has 0 radical (unpaired) electrons. The number of likely N-dealkylation sites (N-methyl/N-ethyl adjacent to an activating group) is 1. The summed E-state index contributed by atoms with van der Waals surface area (Å²) in [4.78, 5) is 6.31. The highest BCUT2D eigenvalue weighted by Gasteiger charge is 2.15. The van der Waals surface area contributed by atoms with Crippen LogP contribution in [0.4, 0.5) is 0 Å². The second-order valence-electron chi connectivity index (χ2n) is 4.43. The van der Waals surface area contributed by atoms with E-state index in [2.05, 4.69) is 10.1 Å². The number of nitrogens with zero attached hydrogens (tertiary/aromatic N) is 3. The Morgan fingerprint density at radius 2 is 2.16 bits per heavy atom. The fraction of sp³-hybridized carbons (Fsp3) is 0.385. The molecule has 0 aliphatic rings. The summed E-state index contributed by atoms with van der Waals surface area (Å²) in [7, 11) is 5.46. The first-order chi connectivity index (χ1) is 9.11. The highest BCUT2D eigenvalue weighted by Crippen LogP contribution is 2.35. The van der Waals surface area contributed by atoms with Gasteiger partial charge in [-0.2, -0.15) is 4.98 Å². The molecule has 0 aliphatic carbocycles. The van der Waals surface area contributed by atoms with Gasteiger partial charge in [-0.1, -0.05) is 11.2 Å². The number of rotatable bonds is 5. The minimum Gasteiger partial charge on any atom is -0.504 e. The molecule has 0 bridgehead atoms. The van der Waals surface area contributed by atoms with Gasteiger partial charge >= 0.3 is 0 Å². The third-order valence-corrected chi connectivity index (χ3v) is 2.70. The van der Waals surface area contributed by atoms with Crippen LogP contribution in [-0.4, -0.2) is 47.9 Å². The van der Waals surface area contributed by atoms with E-state index in [1.807, 2.05) is 19.0 Å². The molecule has 0 saturated carbocycles. The average molecular weight is 263 g/mol. The van der Waals surface area contributed by atoms with E-state index >= 15 is 0 Å². The van der Waals surface area contributed by atoms with Gasteiger partial charge in [-0.15, -0.1) is 0 Å². The van der Waals surface area contributed by atoms with Crippen molar-refractivity contribution in [2.24, 2.45) is 0 Å². The van der Waals surface area contributed by atoms with Gasteiger partial charge in [0, 0.05) is 13.0 Å². The van der Waals surface area contributed by atoms with Crippen LogP contribution in [0.25, 0.3) is 11.5 Å². The van der Waals surface area contributed by atoms with Crippen LogP contribution in [0.5, 0.6) is 11.5 Å². The molecule has 0 unspecified atom stereocenters. The average Bonchev–Trinajstić information content (AvgIpc) is 2.85. The molecule has 0 amide bonds. The molecule has 0 aliphatic heterocycles. The number of benzene rings is 1. The normalized spacial score (nSPS) is 10.9. The lowest BCUT2D eigenvalue weighted by atomic mass is 10.2. The largest absolute Gasteiger partial charge is 0.504 e. The predicted molar refractivity (Wildman–Crippen MR) is 70.2 cm³/mol. The monoisotopic (exact) mass is 263 g/mol. The highest BCUT2D eigenvalue weighted by atomic mass is 16.5. The number of phenols is 1. The maximum absolute atomic E-state index is 10.0. The summed E-state index contributed by atoms with van der Waals surface area (Å²) in [6.45, 7) is 0.836. The van der Waals surface area contributed by atoms with Crippen LogP contribution in [0.15, 0.2) is 22.7 Å². The summed E-state index contributed by atoms with van der Waals surface area (Å²) in [5, 5.41) is 13.9. The van der Waals surface area contributed by atoms with Crippen molar-refractivity contribution in [2.75, 3.05) is 27.7 Å². The molecule has 1 heterocycles. The van der Waals surface area contributed by atoms with Crippen LogP contribution in [0.1, 0.15) is 5.82 Å². The van der Waals surface area contributed by atoms with Gasteiger partial charge in [-0.05, 0) is 26.2 Å². The Morgan fingerprint density at radius 3 is 2.84 bits per heavy atom. The van der Waals surface area contributed by atoms with Crippen molar-refractivity contribution in [1.29, 1.82) is 0 Å². The first kappa shape index (κ1) is 13.4. The van der Waals surface area contributed by atoms with E-state index < -0.39 is 0 Å². The zero-order valence-corrected chi connectivity index (χ0v) is 11.3. The molecule has 102 valence electrons. The van der Waals surface area contributed by atoms with Crippen LogP contribution in [0, 0.1) is 0 Å². The van der Waals surface area contributed by atoms with E-state index in [-0.39, 0.29) is 5.75 Å². The van der Waals surface area contributed by atoms with Gasteiger partial charge in [0.25, 0.3) is 5.89 Å². The summed E-state index contributed by atoms with van der Waals surface area (Å²) in [5.41, 5.74) is 0.475. The van der Waals surface area contributed by atoms with E-state index in [0.29, 0.717) is 29.4 Å². The van der Waals surface area contributed by atoms with Crippen molar-refractivity contribution in [3.8, 4) is 23.0 Å². The van der Waals surface area contributed by atoms with Gasteiger partial charge in [0.1, 0.15) is 0 Å². The molecular weight excluding hydrogens is 246 g/mol. The molecule has 0 fully saturated rings. The molecule has 2 aromatic rings. The smallest absolute Gasteiger partial charge is 0.261 e. The SMILES string of the molecule is COc1cccc(-c2nc(CCN(C)C)no2)c1O. The summed E-state index contributed by atoms with van der Waals surface area (Å²) in [5.74, 6) is 1.30. The van der Waals surface area contributed by atoms with Gasteiger partial charge in [0.2, 0.25) is 0 Å². The number of phenolic OH excluding ortho intramolecular Hbond substituents is 1. The molecule has 6 nitrogen and oxygen atoms in total. The number of aromatic hydroxyl groups is 1. The first-order valence-corrected chi connectivity index (χ1v) is 5.95. The molecule has 0 spiro atoms. The number of hydrogen-bond donors (Lipinski definition) is 1. The molecule has 0 atom stereocenters. The molecular formula is C13H17N3O3. The minimum absolute atomic E-state index is 0.00723. The number of para-hydroxylation sites is 1. The molecule has 1 aromatic heterocycles. The molecule has 0 saturated heterocycles. The fourth-order valence-corrected chi connectivity index (χ4v) is 1.65. The van der Waals surface area contributed by atoms with Crippen LogP contribution in [-0.2, 0) is 6.42 Å². The summed E-state index contributed by atoms with van der Waals surface area (Å²) >= 11 is 0. The Balaban J connectivity index is 2.23. The third-order valence-electron chi connectivity index (χ3n) is 2.70. The van der Waals surface area contributed by atoms with E-state index in [0.717, 1.165) is 6.54 Å². The van der Waals surface area contributed by atoms with Gasteiger partial charge < -0.3 is 19.3 Å². The molecule has 6 heteroatoms. The molecule has 1 aromatic carbocycles. The zero-order chi connectivity index (χ0) is 13.8. The quantitative estimate of drug-likeness (QED) is 0.882. The number of ether oxygens (including phenoxy) is 1. The van der Waals surface area contributed by atoms with Gasteiger partial charge in [-0.25, -0.2) is 0 Å². The van der Waals surface area contributed by atoms with Crippen molar-refractivity contribution < 1.29 is 14.4 Å². The van der Waals surface area contributed by atoms with E-state index in [1.165, 1.54) is 7.11 Å². The zero-order valence-electron chi connectivity index (χ0n) is 11.3. The second-order valence-corrected chi connectivity index (χ2v) is 4.43. The Kier molecular flexibility index (Phi) is 4.01. The lowest BCUT2D eigenvalue weighted by molar-refractivity contribution is 0.370. The predicted octanol–water partition coefficient (Wildman–Crippen LogP) is 1.55. The van der Waals surface area contributed by atoms with Crippen molar-refractivity contribution in [1.82, 2.24) is 15.0 Å². The van der Waals surface area contributed by atoms with E-state index in [4.69, 9.17) is 9.26 Å². The van der Waals surface area contributed by atoms with Crippen molar-refractivity contribution in [2.45, 2.75) is 6.42 Å². The molecule has 1 N–H and O–H groups in total. The van der Waals surface area contributed by atoms with Crippen LogP contribution in [0.3, 0.4) is 0 Å². The third kappa shape index (κ3) is 3.03. The maximum Gasteiger partial charge on any atom is 0.261 e. The summed E-state index contributed by atoms with van der Waals surface area (Å²) in [6.07, 6.45) is 0.696. The Morgan fingerprint density at radius 1 is 1.37 bits per heavy atom. The van der Waals surface area contributed by atoms with Gasteiger partial charge in [0.15, 0.2) is 17.3 Å². The Bertz CT molecular complexity index is 552. The first-order valence-electron chi connectivity index (χ1n) is 5.95. The lowest BCUT2D eigenvalue weighted by Gasteiger charge is -2.05. The van der Waals surface area contributed by atoms with Crippen LogP contribution in [0.2, 0.25) is 0 Å². The van der Waals surface area contributed by atoms with Crippen LogP contribution < -0.4 is 4.74 Å². The number of methoxy groups -OCH3 is 1. The van der Waals surface area contributed by atoms with Crippen molar-refractivity contribution in [3.05, 3.63) is 24.0 Å².